The van der Waals surface area contributed by atoms with Gasteiger partial charge in [-0.05, 0) is 5.92 Å². The Kier molecular flexibility index (Phi) is 7.88. The van der Waals surface area contributed by atoms with E-state index in [0.717, 1.165) is 5.20 Å². The van der Waals surface area contributed by atoms with Gasteiger partial charge < -0.3 is 14.6 Å². The fourth-order valence-corrected chi connectivity index (χ4v) is 6.33. The Labute approximate surface area is 176 Å². The maximum atomic E-state index is 13.0. The van der Waals surface area contributed by atoms with E-state index in [0.29, 0.717) is 0 Å². The van der Waals surface area contributed by atoms with Crippen LogP contribution in [-0.4, -0.2) is 38.4 Å². The van der Waals surface area contributed by atoms with Gasteiger partial charge in [0.25, 0.3) is 0 Å². The van der Waals surface area contributed by atoms with E-state index < -0.39 is 37.2 Å². The van der Waals surface area contributed by atoms with E-state index in [9.17, 15) is 9.90 Å². The van der Waals surface area contributed by atoms with Crippen molar-refractivity contribution in [1.82, 2.24) is 0 Å². The molecular weight excluding hydrogens is 382 g/mol. The maximum Gasteiger partial charge on any atom is 0.334 e. The summed E-state index contributed by atoms with van der Waals surface area (Å²) in [6.45, 7) is 19.7. The number of rotatable bonds is 7. The zero-order valence-electron chi connectivity index (χ0n) is 19.3. The van der Waals surface area contributed by atoms with Crippen LogP contribution in [-0.2, 0) is 14.3 Å². The summed E-state index contributed by atoms with van der Waals surface area (Å²) in [6, 6.07) is 10.2. The van der Waals surface area contributed by atoms with E-state index in [1.165, 1.54) is 12.3 Å². The lowest BCUT2D eigenvalue weighted by Crippen LogP contribution is -2.56. The molecule has 1 aromatic rings. The fourth-order valence-electron chi connectivity index (χ4n) is 3.63. The molecule has 5 nitrogen and oxygen atoms in total. The first-order valence-electron chi connectivity index (χ1n) is 9.99. The molecule has 0 N–H and O–H groups in total. The molecule has 0 spiro atoms. The fraction of sp³-hybridized carbons (Fsp3) is 0.565. The van der Waals surface area contributed by atoms with E-state index in [1.807, 2.05) is 39.0 Å². The van der Waals surface area contributed by atoms with E-state index in [2.05, 4.69) is 36.8 Å². The van der Waals surface area contributed by atoms with Gasteiger partial charge >= 0.3 is 5.97 Å². The third-order valence-electron chi connectivity index (χ3n) is 5.54. The van der Waals surface area contributed by atoms with Crippen LogP contribution in [0.2, 0.25) is 13.1 Å². The normalized spacial score (nSPS) is 16.1. The van der Waals surface area contributed by atoms with Crippen LogP contribution >= 0.6 is 0 Å². The Balaban J connectivity index is 3.54. The molecule has 0 bridgehead atoms. The quantitative estimate of drug-likeness (QED) is 0.294. The molecule has 0 heterocycles. The van der Waals surface area contributed by atoms with Crippen molar-refractivity contribution in [2.24, 2.45) is 16.8 Å². The molecule has 0 amide bonds. The second kappa shape index (κ2) is 9.16. The van der Waals surface area contributed by atoms with E-state index in [-0.39, 0.29) is 5.92 Å². The highest BCUT2D eigenvalue weighted by Crippen LogP contribution is 2.39. The van der Waals surface area contributed by atoms with Crippen molar-refractivity contribution in [2.45, 2.75) is 65.8 Å². The molecule has 162 valence electrons. The molecule has 0 fully saturated rings. The standard InChI is InChI=1S/C23H37NO4Si/c1-16(2)23(20(25)27-8,24-21(26)28-22(5,6)7)17(3)18(4)29(9,10)19-14-12-11-13-15-19/h11-17H,4H2,1-3,5-10H3,(H,24,26)/p-1/t17-,23-/m0/s1. The summed E-state index contributed by atoms with van der Waals surface area (Å²) >= 11 is 0. The first-order valence-corrected chi connectivity index (χ1v) is 13.0. The van der Waals surface area contributed by atoms with E-state index in [1.54, 1.807) is 20.8 Å². The molecule has 2 atom stereocenters. The molecular formula is C23H36NO4Si-. The lowest BCUT2D eigenvalue weighted by Gasteiger charge is -2.42. The number of methoxy groups -OCH3 is 1. The molecule has 1 aromatic carbocycles. The molecule has 6 heteroatoms. The third-order valence-corrected chi connectivity index (χ3v) is 9.36. The van der Waals surface area contributed by atoms with Gasteiger partial charge in [-0.1, -0.05) is 95.4 Å². The smallest absolute Gasteiger partial charge is 0.334 e. The van der Waals surface area contributed by atoms with Gasteiger partial charge in [-0.3, -0.25) is 0 Å². The van der Waals surface area contributed by atoms with Crippen LogP contribution in [0, 0.1) is 11.8 Å². The lowest BCUT2D eigenvalue weighted by molar-refractivity contribution is -0.262. The number of hydrogen-bond donors (Lipinski definition) is 0. The van der Waals surface area contributed by atoms with Crippen LogP contribution in [0.1, 0.15) is 41.5 Å². The second-order valence-electron chi connectivity index (χ2n) is 9.30. The number of benzene rings is 1. The van der Waals surface area contributed by atoms with Crippen molar-refractivity contribution in [1.29, 1.82) is 0 Å². The summed E-state index contributed by atoms with van der Waals surface area (Å²) in [7, 11) is -0.854. The minimum absolute atomic E-state index is 0.296. The molecule has 0 aliphatic carbocycles. The molecule has 0 aromatic heterocycles. The first-order chi connectivity index (χ1) is 13.2. The summed E-state index contributed by atoms with van der Waals surface area (Å²) in [4.78, 5) is 17.4. The molecule has 1 rings (SSSR count). The Bertz CT molecular complexity index is 750. The average molecular weight is 419 g/mol. The van der Waals surface area contributed by atoms with Crippen LogP contribution in [0.15, 0.2) is 47.1 Å². The molecule has 0 aliphatic heterocycles. The van der Waals surface area contributed by atoms with Crippen LogP contribution < -0.4 is 10.3 Å². The number of carbonyl (C=O) groups is 1. The minimum Gasteiger partial charge on any atom is -0.595 e. The topological polar surface area (TPSA) is 71.0 Å². The number of aliphatic imine (C=N–C) groups is 1. The molecule has 0 unspecified atom stereocenters. The third kappa shape index (κ3) is 5.50. The molecule has 0 radical (unpaired) electrons. The summed E-state index contributed by atoms with van der Waals surface area (Å²) < 4.78 is 10.5. The summed E-state index contributed by atoms with van der Waals surface area (Å²) in [6.07, 6.45) is -0.768. The van der Waals surface area contributed by atoms with Crippen molar-refractivity contribution >= 4 is 25.3 Å². The Morgan fingerprint density at radius 2 is 1.66 bits per heavy atom. The van der Waals surface area contributed by atoms with Crippen molar-refractivity contribution in [3.8, 4) is 0 Å². The number of esters is 1. The number of ether oxygens (including phenoxy) is 2. The van der Waals surface area contributed by atoms with Crippen LogP contribution in [0.25, 0.3) is 0 Å². The van der Waals surface area contributed by atoms with Crippen molar-refractivity contribution in [2.75, 3.05) is 7.11 Å². The number of hydrogen-bond acceptors (Lipinski definition) is 5. The monoisotopic (exact) mass is 418 g/mol. The van der Waals surface area contributed by atoms with Crippen LogP contribution in [0.3, 0.4) is 0 Å². The molecule has 29 heavy (non-hydrogen) atoms. The Hall–Kier alpha value is -2.08. The van der Waals surface area contributed by atoms with Gasteiger partial charge in [0, 0.05) is 11.5 Å². The SMILES string of the molecule is C=C([C@H](C)[C@](N=C([O-])OC(C)(C)C)(C(=O)OC)C(C)C)[Si](C)(C)c1ccccc1. The van der Waals surface area contributed by atoms with Crippen molar-refractivity contribution in [3.63, 3.8) is 0 Å². The van der Waals surface area contributed by atoms with Gasteiger partial charge in [0.05, 0.1) is 7.11 Å². The summed E-state index contributed by atoms with van der Waals surface area (Å²) in [5, 5.41) is 14.8. The zero-order valence-corrected chi connectivity index (χ0v) is 20.3. The first kappa shape index (κ1) is 25.0. The number of carbonyl (C=O) groups excluding carboxylic acids is 1. The Morgan fingerprint density at radius 1 is 1.14 bits per heavy atom. The maximum absolute atomic E-state index is 13.0. The largest absolute Gasteiger partial charge is 0.595 e. The number of nitrogens with zero attached hydrogens (tertiary/aromatic N) is 1. The zero-order chi connectivity index (χ0) is 22.6. The average Bonchev–Trinajstić information content (AvgIpc) is 2.63. The lowest BCUT2D eigenvalue weighted by atomic mass is 9.76. The summed E-state index contributed by atoms with van der Waals surface area (Å²) in [5.74, 6) is -1.26. The van der Waals surface area contributed by atoms with Gasteiger partial charge in [0.15, 0.2) is 5.54 Å². The van der Waals surface area contributed by atoms with Crippen molar-refractivity contribution in [3.05, 3.63) is 42.1 Å². The highest BCUT2D eigenvalue weighted by Gasteiger charge is 2.51. The Morgan fingerprint density at radius 3 is 2.07 bits per heavy atom. The highest BCUT2D eigenvalue weighted by molar-refractivity contribution is 6.95. The predicted octanol–water partition coefficient (Wildman–Crippen LogP) is 3.43. The summed E-state index contributed by atoms with van der Waals surface area (Å²) in [5.41, 5.74) is -2.12. The van der Waals surface area contributed by atoms with Gasteiger partial charge in [-0.15, -0.1) is 6.58 Å². The highest BCUT2D eigenvalue weighted by atomic mass is 28.3. The van der Waals surface area contributed by atoms with Crippen molar-refractivity contribution < 1.29 is 19.4 Å². The predicted molar refractivity (Wildman–Crippen MR) is 120 cm³/mol. The van der Waals surface area contributed by atoms with E-state index >= 15 is 0 Å². The van der Waals surface area contributed by atoms with E-state index in [4.69, 9.17) is 9.47 Å². The van der Waals surface area contributed by atoms with Crippen LogP contribution in [0.4, 0.5) is 0 Å². The molecule has 0 saturated carbocycles. The minimum atomic E-state index is -2.17. The van der Waals surface area contributed by atoms with Gasteiger partial charge in [0.1, 0.15) is 14.2 Å². The molecule has 0 saturated heterocycles. The molecule has 0 aliphatic rings. The van der Waals surface area contributed by atoms with Gasteiger partial charge in [0.2, 0.25) is 0 Å². The second-order valence-corrected chi connectivity index (χ2v) is 13.8. The van der Waals surface area contributed by atoms with Gasteiger partial charge in [-0.2, -0.15) is 0 Å². The van der Waals surface area contributed by atoms with Gasteiger partial charge in [-0.25, -0.2) is 9.79 Å². The van der Waals surface area contributed by atoms with Crippen LogP contribution in [0.5, 0.6) is 0 Å².